The molecule has 0 aliphatic carbocycles. The Morgan fingerprint density at radius 3 is 2.38 bits per heavy atom. The zero-order valence-corrected chi connectivity index (χ0v) is 13.1. The Morgan fingerprint density at radius 1 is 1.14 bits per heavy atom. The van der Waals surface area contributed by atoms with E-state index < -0.39 is 0 Å². The number of rotatable bonds is 3. The number of allylic oxidation sites excluding steroid dienone is 1. The molecule has 2 nitrogen and oxygen atoms in total. The third-order valence-corrected chi connectivity index (χ3v) is 2.93. The topological polar surface area (TPSA) is 34.1 Å². The number of hydrogen-bond acceptors (Lipinski definition) is 2. The third kappa shape index (κ3) is 4.67. The summed E-state index contributed by atoms with van der Waals surface area (Å²) >= 11 is 0. The van der Waals surface area contributed by atoms with Crippen LogP contribution in [0.15, 0.2) is 36.4 Å². The van der Waals surface area contributed by atoms with Crippen LogP contribution in [-0.2, 0) is 4.79 Å². The first-order chi connectivity index (χ1) is 10.0. The van der Waals surface area contributed by atoms with E-state index in [0.29, 0.717) is 0 Å². The van der Waals surface area contributed by atoms with Crippen LogP contribution in [0.3, 0.4) is 0 Å². The number of hydrogen-bond donors (Lipinski definition) is 0. The molecule has 21 heavy (non-hydrogen) atoms. The molecular formula is C19H22O2. The Balaban J connectivity index is 0.000000677. The molecule has 0 atom stereocenters. The van der Waals surface area contributed by atoms with Gasteiger partial charge in [0.2, 0.25) is 0 Å². The average Bonchev–Trinajstić information content (AvgIpc) is 2.46. The predicted molar refractivity (Wildman–Crippen MR) is 89.8 cm³/mol. The predicted octanol–water partition coefficient (Wildman–Crippen LogP) is 4.98. The number of benzene rings is 2. The van der Waals surface area contributed by atoms with Crippen molar-refractivity contribution in [1.82, 2.24) is 0 Å². The van der Waals surface area contributed by atoms with Crippen LogP contribution in [0, 0.1) is 6.92 Å². The van der Waals surface area contributed by atoms with E-state index >= 15 is 0 Å². The Kier molecular flexibility index (Phi) is 6.54. The van der Waals surface area contributed by atoms with E-state index in [-0.39, 0.29) is 5.78 Å². The number of aldehydes is 1. The normalized spacial score (nSPS) is 10.3. The van der Waals surface area contributed by atoms with E-state index in [9.17, 15) is 9.59 Å². The molecule has 0 saturated carbocycles. The van der Waals surface area contributed by atoms with E-state index in [1.54, 1.807) is 6.08 Å². The SMILES string of the molecule is CC(=O)/C=C/c1ccc2c(C=O)c(C)ccc2c1.CCC. The first-order valence-electron chi connectivity index (χ1n) is 7.20. The van der Waals surface area contributed by atoms with Crippen LogP contribution < -0.4 is 0 Å². The molecule has 0 bridgehead atoms. The van der Waals surface area contributed by atoms with E-state index in [2.05, 4.69) is 13.8 Å². The van der Waals surface area contributed by atoms with E-state index in [4.69, 9.17) is 0 Å². The first kappa shape index (κ1) is 16.8. The lowest BCUT2D eigenvalue weighted by Gasteiger charge is -2.05. The monoisotopic (exact) mass is 282 g/mol. The second-order valence-electron chi connectivity index (χ2n) is 5.05. The van der Waals surface area contributed by atoms with Crippen LogP contribution in [0.5, 0.6) is 0 Å². The van der Waals surface area contributed by atoms with Crippen molar-refractivity contribution in [3.8, 4) is 0 Å². The average molecular weight is 282 g/mol. The molecular weight excluding hydrogens is 260 g/mol. The minimum absolute atomic E-state index is 0.0209. The smallest absolute Gasteiger partial charge is 0.152 e. The summed E-state index contributed by atoms with van der Waals surface area (Å²) in [6.07, 6.45) is 5.46. The maximum Gasteiger partial charge on any atom is 0.152 e. The summed E-state index contributed by atoms with van der Waals surface area (Å²) in [5.74, 6) is 0.0209. The molecule has 2 aromatic rings. The molecule has 0 aliphatic rings. The molecule has 0 heterocycles. The molecule has 2 heteroatoms. The zero-order chi connectivity index (χ0) is 15.8. The molecule has 0 fully saturated rings. The summed E-state index contributed by atoms with van der Waals surface area (Å²) in [6.45, 7) is 7.69. The van der Waals surface area contributed by atoms with E-state index in [0.717, 1.165) is 33.7 Å². The fourth-order valence-electron chi connectivity index (χ4n) is 1.96. The Morgan fingerprint density at radius 2 is 1.81 bits per heavy atom. The quantitative estimate of drug-likeness (QED) is 0.587. The van der Waals surface area contributed by atoms with Gasteiger partial charge in [-0.1, -0.05) is 50.6 Å². The van der Waals surface area contributed by atoms with Gasteiger partial charge in [0.05, 0.1) is 0 Å². The molecule has 0 saturated heterocycles. The minimum Gasteiger partial charge on any atom is -0.298 e. The van der Waals surface area contributed by atoms with Gasteiger partial charge in [-0.2, -0.15) is 0 Å². The van der Waals surface area contributed by atoms with E-state index in [1.807, 2.05) is 37.3 Å². The fraction of sp³-hybridized carbons (Fsp3) is 0.263. The van der Waals surface area contributed by atoms with Gasteiger partial charge in [0, 0.05) is 5.56 Å². The fourth-order valence-corrected chi connectivity index (χ4v) is 1.96. The van der Waals surface area contributed by atoms with Crippen LogP contribution in [-0.4, -0.2) is 12.1 Å². The van der Waals surface area contributed by atoms with Crippen LogP contribution in [0.4, 0.5) is 0 Å². The van der Waals surface area contributed by atoms with Crippen molar-refractivity contribution in [2.75, 3.05) is 0 Å². The van der Waals surface area contributed by atoms with Gasteiger partial charge < -0.3 is 0 Å². The van der Waals surface area contributed by atoms with Gasteiger partial charge in [0.1, 0.15) is 0 Å². The van der Waals surface area contributed by atoms with Gasteiger partial charge in [-0.05, 0) is 47.9 Å². The molecule has 110 valence electrons. The summed E-state index contributed by atoms with van der Waals surface area (Å²) in [4.78, 5) is 22.0. The van der Waals surface area contributed by atoms with E-state index in [1.165, 1.54) is 19.4 Å². The Hall–Kier alpha value is -2.22. The standard InChI is InChI=1S/C16H14O2.C3H8/c1-11-3-7-14-9-13(5-4-12(2)18)6-8-15(14)16(11)10-17;1-3-2/h3-10H,1-2H3;3H2,1-2H3/b5-4+;. The molecule has 0 spiro atoms. The van der Waals surface area contributed by atoms with Crippen LogP contribution in [0.2, 0.25) is 0 Å². The van der Waals surface area contributed by atoms with Gasteiger partial charge in [-0.25, -0.2) is 0 Å². The Labute approximate surface area is 126 Å². The Bertz CT molecular complexity index is 667. The summed E-state index contributed by atoms with van der Waals surface area (Å²) in [5, 5.41) is 1.96. The summed E-state index contributed by atoms with van der Waals surface area (Å²) in [6, 6.07) is 9.73. The van der Waals surface area contributed by atoms with Crippen molar-refractivity contribution in [1.29, 1.82) is 0 Å². The maximum absolute atomic E-state index is 11.1. The van der Waals surface area contributed by atoms with Gasteiger partial charge in [0.25, 0.3) is 0 Å². The lowest BCUT2D eigenvalue weighted by Crippen LogP contribution is -1.89. The summed E-state index contributed by atoms with van der Waals surface area (Å²) in [7, 11) is 0. The van der Waals surface area contributed by atoms with Crippen LogP contribution in [0.25, 0.3) is 16.8 Å². The lowest BCUT2D eigenvalue weighted by atomic mass is 9.99. The van der Waals surface area contributed by atoms with Crippen molar-refractivity contribution < 1.29 is 9.59 Å². The molecule has 0 aromatic heterocycles. The lowest BCUT2D eigenvalue weighted by molar-refractivity contribution is -0.112. The van der Waals surface area contributed by atoms with Gasteiger partial charge in [0.15, 0.2) is 12.1 Å². The molecule has 0 unspecified atom stereocenters. The van der Waals surface area contributed by atoms with Gasteiger partial charge in [-0.3, -0.25) is 9.59 Å². The van der Waals surface area contributed by atoms with Crippen molar-refractivity contribution in [3.05, 3.63) is 53.1 Å². The third-order valence-electron chi connectivity index (χ3n) is 2.93. The first-order valence-corrected chi connectivity index (χ1v) is 7.20. The highest BCUT2D eigenvalue weighted by atomic mass is 16.1. The molecule has 0 radical (unpaired) electrons. The maximum atomic E-state index is 11.1. The van der Waals surface area contributed by atoms with Crippen LogP contribution in [0.1, 0.15) is 48.7 Å². The number of fused-ring (bicyclic) bond motifs is 1. The van der Waals surface area contributed by atoms with Gasteiger partial charge >= 0.3 is 0 Å². The van der Waals surface area contributed by atoms with Crippen molar-refractivity contribution in [3.63, 3.8) is 0 Å². The summed E-state index contributed by atoms with van der Waals surface area (Å²) in [5.41, 5.74) is 2.66. The number of aryl methyl sites for hydroxylation is 1. The van der Waals surface area contributed by atoms with Crippen molar-refractivity contribution >= 4 is 28.9 Å². The highest BCUT2D eigenvalue weighted by Gasteiger charge is 2.03. The second-order valence-corrected chi connectivity index (χ2v) is 5.05. The highest BCUT2D eigenvalue weighted by molar-refractivity contribution is 6.00. The largest absolute Gasteiger partial charge is 0.298 e. The molecule has 2 aromatic carbocycles. The molecule has 2 rings (SSSR count). The minimum atomic E-state index is 0.0209. The number of ketones is 1. The highest BCUT2D eigenvalue weighted by Crippen LogP contribution is 2.22. The second kappa shape index (κ2) is 8.15. The number of carbonyl (C=O) groups is 2. The van der Waals surface area contributed by atoms with Crippen molar-refractivity contribution in [2.45, 2.75) is 34.1 Å². The molecule has 0 amide bonds. The molecule has 0 N–H and O–H groups in total. The van der Waals surface area contributed by atoms with Crippen LogP contribution >= 0.6 is 0 Å². The zero-order valence-electron chi connectivity index (χ0n) is 13.1. The summed E-state index contributed by atoms with van der Waals surface area (Å²) < 4.78 is 0. The van der Waals surface area contributed by atoms with Gasteiger partial charge in [-0.15, -0.1) is 0 Å². The number of carbonyl (C=O) groups excluding carboxylic acids is 2. The molecule has 0 aliphatic heterocycles. The van der Waals surface area contributed by atoms with Crippen molar-refractivity contribution in [2.24, 2.45) is 0 Å².